The predicted octanol–water partition coefficient (Wildman–Crippen LogP) is 6.35. The average molecular weight is 566 g/mol. The SMILES string of the molecule is CCC(CC(C)c1cc[n+](CCCCCCn2cc(CCn3ccnc3-c3nccn3C)nn2)cc1)c1ccccc1. The summed E-state index contributed by atoms with van der Waals surface area (Å²) in [5.41, 5.74) is 3.91. The topological polar surface area (TPSA) is 70.2 Å². The summed E-state index contributed by atoms with van der Waals surface area (Å²) < 4.78 is 8.42. The van der Waals surface area contributed by atoms with Crippen molar-refractivity contribution in [1.82, 2.24) is 34.1 Å². The zero-order chi connectivity index (χ0) is 29.1. The molecule has 0 fully saturated rings. The van der Waals surface area contributed by atoms with Gasteiger partial charge in [-0.1, -0.05) is 55.8 Å². The number of imidazole rings is 2. The van der Waals surface area contributed by atoms with E-state index in [0.29, 0.717) is 11.8 Å². The molecule has 42 heavy (non-hydrogen) atoms. The first-order chi connectivity index (χ1) is 20.6. The maximum Gasteiger partial charge on any atom is 0.176 e. The summed E-state index contributed by atoms with van der Waals surface area (Å²) in [6, 6.07) is 15.6. The van der Waals surface area contributed by atoms with Crippen LogP contribution in [0.15, 0.2) is 85.8 Å². The third-order valence-electron chi connectivity index (χ3n) is 8.37. The average Bonchev–Trinajstić information content (AvgIpc) is 3.78. The molecule has 8 heteroatoms. The van der Waals surface area contributed by atoms with E-state index in [0.717, 1.165) is 49.8 Å². The third-order valence-corrected chi connectivity index (χ3v) is 8.37. The molecule has 0 aliphatic rings. The van der Waals surface area contributed by atoms with Crippen LogP contribution >= 0.6 is 0 Å². The van der Waals surface area contributed by atoms with Crippen molar-refractivity contribution in [2.45, 2.75) is 90.3 Å². The van der Waals surface area contributed by atoms with Crippen molar-refractivity contribution in [1.29, 1.82) is 0 Å². The van der Waals surface area contributed by atoms with E-state index in [-0.39, 0.29) is 0 Å². The van der Waals surface area contributed by atoms with Crippen LogP contribution in [0.2, 0.25) is 0 Å². The Hall–Kier alpha value is -4.07. The van der Waals surface area contributed by atoms with Gasteiger partial charge in [-0.3, -0.25) is 4.68 Å². The lowest BCUT2D eigenvalue weighted by atomic mass is 9.85. The van der Waals surface area contributed by atoms with Crippen molar-refractivity contribution in [3.63, 3.8) is 0 Å². The van der Waals surface area contributed by atoms with Crippen LogP contribution in [-0.4, -0.2) is 34.1 Å². The Balaban J connectivity index is 0.982. The van der Waals surface area contributed by atoms with Crippen LogP contribution in [0.25, 0.3) is 11.6 Å². The van der Waals surface area contributed by atoms with Gasteiger partial charge in [0.05, 0.1) is 5.69 Å². The van der Waals surface area contributed by atoms with E-state index in [1.807, 2.05) is 34.9 Å². The summed E-state index contributed by atoms with van der Waals surface area (Å²) in [7, 11) is 1.99. The second-order valence-corrected chi connectivity index (χ2v) is 11.5. The van der Waals surface area contributed by atoms with Crippen molar-refractivity contribution in [2.75, 3.05) is 0 Å². The van der Waals surface area contributed by atoms with E-state index in [4.69, 9.17) is 0 Å². The fourth-order valence-electron chi connectivity index (χ4n) is 5.77. The number of pyridine rings is 1. The molecule has 0 spiro atoms. The largest absolute Gasteiger partial charge is 0.331 e. The molecule has 4 aromatic heterocycles. The van der Waals surface area contributed by atoms with Gasteiger partial charge in [0, 0.05) is 76.1 Å². The van der Waals surface area contributed by atoms with Crippen LogP contribution < -0.4 is 4.57 Å². The molecule has 0 aliphatic heterocycles. The van der Waals surface area contributed by atoms with Gasteiger partial charge in [0.15, 0.2) is 24.0 Å². The van der Waals surface area contributed by atoms with E-state index >= 15 is 0 Å². The van der Waals surface area contributed by atoms with Crippen LogP contribution in [0, 0.1) is 0 Å². The van der Waals surface area contributed by atoms with Gasteiger partial charge >= 0.3 is 0 Å². The molecule has 5 aromatic rings. The summed E-state index contributed by atoms with van der Waals surface area (Å²) in [6.07, 6.45) is 22.1. The highest BCUT2D eigenvalue weighted by molar-refractivity contribution is 5.44. The Morgan fingerprint density at radius 3 is 2.36 bits per heavy atom. The molecular formula is C34H45N8+. The number of aromatic nitrogens is 8. The number of nitrogens with zero attached hydrogens (tertiary/aromatic N) is 8. The van der Waals surface area contributed by atoms with Gasteiger partial charge in [-0.25, -0.2) is 14.5 Å². The lowest BCUT2D eigenvalue weighted by Gasteiger charge is -2.20. The summed E-state index contributed by atoms with van der Waals surface area (Å²) in [5, 5.41) is 8.74. The lowest BCUT2D eigenvalue weighted by molar-refractivity contribution is -0.697. The van der Waals surface area contributed by atoms with Gasteiger partial charge in [0.2, 0.25) is 0 Å². The van der Waals surface area contributed by atoms with Gasteiger partial charge in [-0.2, -0.15) is 0 Å². The normalized spacial score (nSPS) is 12.9. The number of aryl methyl sites for hydroxylation is 5. The molecule has 0 bridgehead atoms. The quantitative estimate of drug-likeness (QED) is 0.103. The van der Waals surface area contributed by atoms with Gasteiger partial charge in [0.1, 0.15) is 6.54 Å². The summed E-state index contributed by atoms with van der Waals surface area (Å²) in [6.45, 7) is 7.45. The Morgan fingerprint density at radius 1 is 0.833 bits per heavy atom. The van der Waals surface area contributed by atoms with E-state index in [2.05, 4.69) is 104 Å². The zero-order valence-corrected chi connectivity index (χ0v) is 25.4. The van der Waals surface area contributed by atoms with E-state index in [9.17, 15) is 0 Å². The van der Waals surface area contributed by atoms with Crippen LogP contribution in [0.5, 0.6) is 0 Å². The van der Waals surface area contributed by atoms with Gasteiger partial charge in [0.25, 0.3) is 0 Å². The molecular weight excluding hydrogens is 520 g/mol. The Kier molecular flexibility index (Phi) is 10.3. The molecule has 0 aliphatic carbocycles. The van der Waals surface area contributed by atoms with E-state index < -0.39 is 0 Å². The first-order valence-electron chi connectivity index (χ1n) is 15.5. The molecule has 1 aromatic carbocycles. The molecule has 0 amide bonds. The van der Waals surface area contributed by atoms with Gasteiger partial charge in [-0.15, -0.1) is 5.10 Å². The van der Waals surface area contributed by atoms with E-state index in [1.54, 1.807) is 6.20 Å². The number of unbranched alkanes of at least 4 members (excludes halogenated alkanes) is 3. The fourth-order valence-corrected chi connectivity index (χ4v) is 5.77. The third kappa shape index (κ3) is 7.81. The lowest BCUT2D eigenvalue weighted by Crippen LogP contribution is -2.32. The highest BCUT2D eigenvalue weighted by atomic mass is 15.4. The van der Waals surface area contributed by atoms with Gasteiger partial charge in [-0.05, 0) is 48.6 Å². The van der Waals surface area contributed by atoms with E-state index in [1.165, 1.54) is 43.2 Å². The highest BCUT2D eigenvalue weighted by Crippen LogP contribution is 2.31. The van der Waals surface area contributed by atoms with Crippen molar-refractivity contribution in [3.8, 4) is 11.6 Å². The van der Waals surface area contributed by atoms with Gasteiger partial charge < -0.3 is 9.13 Å². The minimum absolute atomic E-state index is 0.553. The van der Waals surface area contributed by atoms with Crippen LogP contribution in [-0.2, 0) is 33.1 Å². The van der Waals surface area contributed by atoms with Crippen molar-refractivity contribution < 1.29 is 4.57 Å². The first-order valence-corrected chi connectivity index (χ1v) is 15.5. The van der Waals surface area contributed by atoms with Crippen LogP contribution in [0.3, 0.4) is 0 Å². The Morgan fingerprint density at radius 2 is 1.60 bits per heavy atom. The molecule has 220 valence electrons. The fraction of sp³-hybridized carbons (Fsp3) is 0.441. The second-order valence-electron chi connectivity index (χ2n) is 11.5. The van der Waals surface area contributed by atoms with Crippen LogP contribution in [0.4, 0.5) is 0 Å². The molecule has 5 rings (SSSR count). The number of rotatable bonds is 16. The van der Waals surface area contributed by atoms with Crippen LogP contribution in [0.1, 0.15) is 81.0 Å². The molecule has 4 heterocycles. The monoisotopic (exact) mass is 565 g/mol. The summed E-state index contributed by atoms with van der Waals surface area (Å²) in [4.78, 5) is 8.92. The standard InChI is InChI=1S/C34H45N8/c1-4-29(31-12-8-7-9-13-31)26-28(2)30-14-21-40(22-15-30)19-10-5-6-11-20-42-27-32(37-38-42)16-23-41-25-18-36-34(41)33-35-17-24-39(33)3/h7-9,12-15,17-18,21-22,24-25,27-29H,4-6,10-11,16,19-20,23,26H2,1-3H3/q+1. The number of hydrogen-bond donors (Lipinski definition) is 0. The number of benzene rings is 1. The predicted molar refractivity (Wildman–Crippen MR) is 166 cm³/mol. The van der Waals surface area contributed by atoms with Crippen molar-refractivity contribution in [3.05, 3.63) is 103 Å². The smallest absolute Gasteiger partial charge is 0.176 e. The maximum atomic E-state index is 4.49. The zero-order valence-electron chi connectivity index (χ0n) is 25.4. The second kappa shape index (κ2) is 14.7. The van der Waals surface area contributed by atoms with Crippen molar-refractivity contribution in [2.24, 2.45) is 7.05 Å². The number of hydrogen-bond acceptors (Lipinski definition) is 4. The Bertz CT molecular complexity index is 1480. The summed E-state index contributed by atoms with van der Waals surface area (Å²) >= 11 is 0. The molecule has 2 atom stereocenters. The minimum Gasteiger partial charge on any atom is -0.331 e. The first kappa shape index (κ1) is 29.4. The molecule has 0 radical (unpaired) electrons. The van der Waals surface area contributed by atoms with Crippen molar-refractivity contribution >= 4 is 0 Å². The summed E-state index contributed by atoms with van der Waals surface area (Å²) in [5.74, 6) is 2.92. The molecule has 0 N–H and O–H groups in total. The molecule has 0 saturated carbocycles. The Labute approximate surface area is 250 Å². The molecule has 0 saturated heterocycles. The minimum atomic E-state index is 0.553. The molecule has 2 unspecified atom stereocenters. The maximum absolute atomic E-state index is 4.49. The molecule has 8 nitrogen and oxygen atoms in total. The highest BCUT2D eigenvalue weighted by Gasteiger charge is 2.16.